The lowest BCUT2D eigenvalue weighted by Crippen LogP contribution is -2.74. The molecule has 16 nitrogen and oxygen atoms in total. The molecular weight excluding hydrogens is 773 g/mol. The number of alkyl carbamates (subject to hydrolysis) is 1. The van der Waals surface area contributed by atoms with E-state index < -0.39 is 64.4 Å². The van der Waals surface area contributed by atoms with Crippen LogP contribution in [0.1, 0.15) is 62.3 Å². The molecule has 5 unspecified atom stereocenters. The van der Waals surface area contributed by atoms with E-state index in [4.69, 9.17) is 18.9 Å². The Labute approximate surface area is 339 Å². The van der Waals surface area contributed by atoms with Gasteiger partial charge in [-0.05, 0) is 65.1 Å². The number of methoxy groups -OCH3 is 1. The van der Waals surface area contributed by atoms with E-state index in [1.54, 1.807) is 60.0 Å². The molecule has 0 bridgehead atoms. The summed E-state index contributed by atoms with van der Waals surface area (Å²) >= 11 is 1.15. The largest absolute Gasteiger partial charge is 0.497 e. The zero-order valence-corrected chi connectivity index (χ0v) is 33.1. The number of non-ortho nitro benzene ring substituents is 1. The van der Waals surface area contributed by atoms with Crippen LogP contribution in [-0.4, -0.2) is 82.1 Å². The van der Waals surface area contributed by atoms with Crippen LogP contribution in [0.3, 0.4) is 0 Å². The van der Waals surface area contributed by atoms with Gasteiger partial charge >= 0.3 is 18.0 Å². The molecule has 2 aliphatic heterocycles. The van der Waals surface area contributed by atoms with Gasteiger partial charge in [-0.2, -0.15) is 0 Å². The van der Waals surface area contributed by atoms with Crippen molar-refractivity contribution in [2.24, 2.45) is 5.92 Å². The number of hydrogen-bond donors (Lipinski definition) is 3. The standard InChI is InChI=1S/C41H46N4O12S/c1-4-27(32(46)5-2)15-20-33(47)55-23-29-24-58-39-35(38(49)44(39)36(29)40(50)56-21-26-13-18-31(54-3)19-14-26)42-37(48)34(28-9-7-6-8-10-28)43-41(51)57-22-25-11-16-30(17-12-25)45(52)53/h6-14,16-19,24,27,32,34-36,39,46H,4-5,15,20-23H2,1-3H3,(H,42,48)(H,43,51)/t27?,32?,34?,35?,36?,39-/m0/s1. The highest BCUT2D eigenvalue weighted by atomic mass is 32.2. The van der Waals surface area contributed by atoms with E-state index in [1.807, 2.05) is 13.8 Å². The lowest BCUT2D eigenvalue weighted by atomic mass is 9.92. The summed E-state index contributed by atoms with van der Waals surface area (Å²) in [5.41, 5.74) is 1.73. The van der Waals surface area contributed by atoms with Crippen molar-refractivity contribution >= 4 is 47.3 Å². The molecule has 1 fully saturated rings. The molecule has 1 saturated heterocycles. The zero-order valence-electron chi connectivity index (χ0n) is 32.2. The highest BCUT2D eigenvalue weighted by Crippen LogP contribution is 2.41. The number of amides is 3. The van der Waals surface area contributed by atoms with Crippen LogP contribution in [0.15, 0.2) is 89.8 Å². The van der Waals surface area contributed by atoms with E-state index in [1.165, 1.54) is 36.3 Å². The van der Waals surface area contributed by atoms with Crippen LogP contribution in [0, 0.1) is 16.0 Å². The number of rotatable bonds is 19. The van der Waals surface area contributed by atoms with Crippen molar-refractivity contribution in [1.82, 2.24) is 15.5 Å². The quantitative estimate of drug-likeness (QED) is 0.0474. The third-order valence-electron chi connectivity index (χ3n) is 9.91. The number of nitrogens with one attached hydrogen (secondary N) is 2. The number of thioether (sulfide) groups is 1. The van der Waals surface area contributed by atoms with Crippen LogP contribution >= 0.6 is 11.8 Å². The van der Waals surface area contributed by atoms with Gasteiger partial charge in [0.1, 0.15) is 43.0 Å². The Morgan fingerprint density at radius 3 is 2.17 bits per heavy atom. The molecule has 3 N–H and O–H groups in total. The molecule has 3 aromatic carbocycles. The fourth-order valence-electron chi connectivity index (χ4n) is 6.52. The van der Waals surface area contributed by atoms with Gasteiger partial charge in [0.2, 0.25) is 11.8 Å². The number of fused-ring (bicyclic) bond motifs is 1. The number of nitro groups is 1. The number of hydrogen-bond acceptors (Lipinski definition) is 13. The second kappa shape index (κ2) is 20.5. The van der Waals surface area contributed by atoms with E-state index in [0.29, 0.717) is 47.3 Å². The summed E-state index contributed by atoms with van der Waals surface area (Å²) in [6.07, 6.45) is 0.249. The number of carbonyl (C=O) groups is 5. The number of aliphatic hydroxyl groups excluding tert-OH is 1. The Balaban J connectivity index is 1.27. The van der Waals surface area contributed by atoms with Crippen molar-refractivity contribution in [3.8, 4) is 5.75 Å². The Bertz CT molecular complexity index is 1960. The second-order valence-electron chi connectivity index (χ2n) is 13.6. The number of nitrogens with zero attached hydrogens (tertiary/aromatic N) is 2. The Morgan fingerprint density at radius 2 is 1.55 bits per heavy atom. The van der Waals surface area contributed by atoms with E-state index in [0.717, 1.165) is 11.8 Å². The molecule has 17 heteroatoms. The Morgan fingerprint density at radius 1 is 0.897 bits per heavy atom. The highest BCUT2D eigenvalue weighted by molar-refractivity contribution is 8.03. The van der Waals surface area contributed by atoms with E-state index in [2.05, 4.69) is 10.6 Å². The molecule has 3 amide bonds. The molecule has 0 radical (unpaired) electrons. The third-order valence-corrected chi connectivity index (χ3v) is 11.1. The molecule has 3 aromatic rings. The van der Waals surface area contributed by atoms with Crippen molar-refractivity contribution < 1.29 is 52.9 Å². The van der Waals surface area contributed by atoms with Gasteiger partial charge in [0.25, 0.3) is 5.69 Å². The number of ether oxygens (including phenoxy) is 4. The molecule has 0 aromatic heterocycles. The molecule has 0 saturated carbocycles. The van der Waals surface area contributed by atoms with Gasteiger partial charge in [-0.25, -0.2) is 9.59 Å². The molecule has 6 atom stereocenters. The van der Waals surface area contributed by atoms with Gasteiger partial charge in [0, 0.05) is 24.1 Å². The smallest absolute Gasteiger partial charge is 0.408 e. The van der Waals surface area contributed by atoms with Crippen molar-refractivity contribution in [3.63, 3.8) is 0 Å². The van der Waals surface area contributed by atoms with Crippen molar-refractivity contribution in [2.45, 2.75) is 82.3 Å². The summed E-state index contributed by atoms with van der Waals surface area (Å²) in [6, 6.07) is 17.0. The molecule has 0 aliphatic carbocycles. The van der Waals surface area contributed by atoms with Crippen molar-refractivity contribution in [3.05, 3.63) is 117 Å². The van der Waals surface area contributed by atoms with Gasteiger partial charge in [0.15, 0.2) is 6.04 Å². The van der Waals surface area contributed by atoms with Crippen LogP contribution in [0.5, 0.6) is 5.75 Å². The first-order chi connectivity index (χ1) is 27.9. The third kappa shape index (κ3) is 10.9. The first-order valence-electron chi connectivity index (χ1n) is 18.8. The summed E-state index contributed by atoms with van der Waals surface area (Å²) in [6.45, 7) is 3.17. The topological polar surface area (TPSA) is 213 Å². The van der Waals surface area contributed by atoms with Crippen LogP contribution in [0.25, 0.3) is 0 Å². The number of β-lactam (4-membered cyclic amide) rings is 1. The van der Waals surface area contributed by atoms with Crippen LogP contribution in [0.4, 0.5) is 10.5 Å². The van der Waals surface area contributed by atoms with E-state index in [-0.39, 0.29) is 37.8 Å². The summed E-state index contributed by atoms with van der Waals surface area (Å²) in [4.78, 5) is 78.9. The van der Waals surface area contributed by atoms with Gasteiger partial charge in [-0.1, -0.05) is 62.7 Å². The van der Waals surface area contributed by atoms with E-state index >= 15 is 0 Å². The molecule has 2 aliphatic rings. The SMILES string of the molecule is CCC(O)C(CC)CCC(=O)OCC1=CS[C@H]2C(NC(=O)C(NC(=O)OCc3ccc([N+](=O)[O-])cc3)c3ccccc3)C(=O)N2C1C(=O)OCc1ccc(OC)cc1. The maximum atomic E-state index is 13.8. The van der Waals surface area contributed by atoms with Gasteiger partial charge in [-0.3, -0.25) is 24.5 Å². The predicted octanol–water partition coefficient (Wildman–Crippen LogP) is 5.09. The number of carbonyl (C=O) groups excluding carboxylic acids is 5. The summed E-state index contributed by atoms with van der Waals surface area (Å²) < 4.78 is 21.7. The lowest BCUT2D eigenvalue weighted by molar-refractivity contribution is -0.384. The van der Waals surface area contributed by atoms with Crippen molar-refractivity contribution in [1.29, 1.82) is 0 Å². The predicted molar refractivity (Wildman–Crippen MR) is 211 cm³/mol. The fraction of sp³-hybridized carbons (Fsp3) is 0.390. The summed E-state index contributed by atoms with van der Waals surface area (Å²) in [5.74, 6) is -2.06. The summed E-state index contributed by atoms with van der Waals surface area (Å²) in [5, 5.41) is 27.4. The second-order valence-corrected chi connectivity index (χ2v) is 14.6. The first kappa shape index (κ1) is 43.2. The van der Waals surface area contributed by atoms with Gasteiger partial charge in [-0.15, -0.1) is 11.8 Å². The maximum absolute atomic E-state index is 13.8. The van der Waals surface area contributed by atoms with Crippen molar-refractivity contribution in [2.75, 3.05) is 13.7 Å². The molecule has 5 rings (SSSR count). The average molecular weight is 819 g/mol. The normalized spacial score (nSPS) is 18.6. The van der Waals surface area contributed by atoms with Gasteiger partial charge < -0.3 is 39.6 Å². The number of nitro benzene ring substituents is 1. The number of aliphatic hydroxyl groups is 1. The van der Waals surface area contributed by atoms with E-state index in [9.17, 15) is 39.2 Å². The first-order valence-corrected chi connectivity index (χ1v) is 19.7. The molecule has 58 heavy (non-hydrogen) atoms. The summed E-state index contributed by atoms with van der Waals surface area (Å²) in [7, 11) is 1.53. The fourth-order valence-corrected chi connectivity index (χ4v) is 7.73. The Hall–Kier alpha value is -5.94. The number of esters is 2. The average Bonchev–Trinajstić information content (AvgIpc) is 3.25. The molecule has 308 valence electrons. The highest BCUT2D eigenvalue weighted by Gasteiger charge is 2.56. The maximum Gasteiger partial charge on any atom is 0.408 e. The Kier molecular flexibility index (Phi) is 15.2. The monoisotopic (exact) mass is 818 g/mol. The van der Waals surface area contributed by atoms with Crippen LogP contribution in [-0.2, 0) is 46.6 Å². The zero-order chi connectivity index (χ0) is 41.8. The number of benzene rings is 3. The molecular formula is C41H46N4O12S. The minimum Gasteiger partial charge on any atom is -0.497 e. The van der Waals surface area contributed by atoms with Gasteiger partial charge in [0.05, 0.1) is 18.1 Å². The molecule has 0 spiro atoms. The van der Waals surface area contributed by atoms with Crippen LogP contribution < -0.4 is 15.4 Å². The lowest BCUT2D eigenvalue weighted by Gasteiger charge is -2.51. The minimum atomic E-state index is -1.29. The molecule has 2 heterocycles. The van der Waals surface area contributed by atoms with Crippen LogP contribution in [0.2, 0.25) is 0 Å². The minimum absolute atomic E-state index is 0.0587.